The van der Waals surface area contributed by atoms with E-state index in [-0.39, 0.29) is 6.54 Å². The Labute approximate surface area is 142 Å². The number of nitrogens with zero attached hydrogens (tertiary/aromatic N) is 3. The van der Waals surface area contributed by atoms with Gasteiger partial charge < -0.3 is 4.52 Å². The second kappa shape index (κ2) is 6.09. The fourth-order valence-corrected chi connectivity index (χ4v) is 2.54. The van der Waals surface area contributed by atoms with Crippen molar-refractivity contribution in [3.05, 3.63) is 41.1 Å². The molecule has 2 aromatic rings. The zero-order valence-electron chi connectivity index (χ0n) is 13.0. The standard InChI is InChI=1S/C16H14ClN3O4/c1-9(2)20-15(22)14(21)19(16(20)23)8-12-7-13(18-24-12)10-3-5-11(17)6-4-10/h3-7,9H,8H2,1-2H3. The summed E-state index contributed by atoms with van der Waals surface area (Å²) >= 11 is 5.84. The molecule has 0 spiro atoms. The van der Waals surface area contributed by atoms with Crippen LogP contribution < -0.4 is 0 Å². The van der Waals surface area contributed by atoms with Crippen molar-refractivity contribution in [2.24, 2.45) is 0 Å². The van der Waals surface area contributed by atoms with Gasteiger partial charge in [0.05, 0.1) is 6.54 Å². The minimum absolute atomic E-state index is 0.146. The van der Waals surface area contributed by atoms with Crippen molar-refractivity contribution in [3.8, 4) is 11.3 Å². The van der Waals surface area contributed by atoms with Crippen LogP contribution in [-0.4, -0.2) is 38.8 Å². The molecule has 8 heteroatoms. The fraction of sp³-hybridized carbons (Fsp3) is 0.250. The van der Waals surface area contributed by atoms with E-state index in [2.05, 4.69) is 5.16 Å². The molecule has 7 nitrogen and oxygen atoms in total. The summed E-state index contributed by atoms with van der Waals surface area (Å²) in [5, 5.41) is 4.52. The lowest BCUT2D eigenvalue weighted by Gasteiger charge is -2.17. The molecule has 1 aliphatic rings. The highest BCUT2D eigenvalue weighted by atomic mass is 35.5. The first-order valence-corrected chi connectivity index (χ1v) is 7.67. The van der Waals surface area contributed by atoms with Gasteiger partial charge in [0.15, 0.2) is 5.76 Å². The summed E-state index contributed by atoms with van der Waals surface area (Å²) in [6.07, 6.45) is 0. The molecule has 0 aliphatic carbocycles. The molecule has 0 N–H and O–H groups in total. The van der Waals surface area contributed by atoms with Gasteiger partial charge in [0.2, 0.25) is 0 Å². The molecular formula is C16H14ClN3O4. The van der Waals surface area contributed by atoms with Gasteiger partial charge in [0.1, 0.15) is 5.69 Å². The lowest BCUT2D eigenvalue weighted by molar-refractivity contribution is -0.144. The Morgan fingerprint density at radius 3 is 2.38 bits per heavy atom. The number of rotatable bonds is 4. The van der Waals surface area contributed by atoms with Gasteiger partial charge in [-0.25, -0.2) is 9.69 Å². The summed E-state index contributed by atoms with van der Waals surface area (Å²) in [4.78, 5) is 37.9. The van der Waals surface area contributed by atoms with Crippen LogP contribution in [-0.2, 0) is 16.1 Å². The summed E-state index contributed by atoms with van der Waals surface area (Å²) in [5.74, 6) is -1.38. The summed E-state index contributed by atoms with van der Waals surface area (Å²) in [6, 6.07) is 7.57. The smallest absolute Gasteiger partial charge is 0.334 e. The van der Waals surface area contributed by atoms with Crippen molar-refractivity contribution >= 4 is 29.4 Å². The first kappa shape index (κ1) is 16.2. The van der Waals surface area contributed by atoms with Crippen LogP contribution in [0.5, 0.6) is 0 Å². The third kappa shape index (κ3) is 2.78. The first-order valence-electron chi connectivity index (χ1n) is 7.29. The molecule has 0 saturated carbocycles. The Hall–Kier alpha value is -2.67. The van der Waals surface area contributed by atoms with Gasteiger partial charge in [-0.1, -0.05) is 28.9 Å². The van der Waals surface area contributed by atoms with Gasteiger partial charge in [-0.3, -0.25) is 14.5 Å². The maximum absolute atomic E-state index is 12.2. The molecule has 1 aromatic heterocycles. The second-order valence-corrected chi connectivity index (χ2v) is 6.06. The summed E-state index contributed by atoms with van der Waals surface area (Å²) < 4.78 is 5.18. The molecule has 0 radical (unpaired) electrons. The molecule has 0 atom stereocenters. The van der Waals surface area contributed by atoms with Crippen molar-refractivity contribution in [2.75, 3.05) is 0 Å². The topological polar surface area (TPSA) is 83.7 Å². The second-order valence-electron chi connectivity index (χ2n) is 5.63. The maximum Gasteiger partial charge on any atom is 0.334 e. The van der Waals surface area contributed by atoms with Crippen LogP contribution in [0.3, 0.4) is 0 Å². The van der Waals surface area contributed by atoms with Gasteiger partial charge in [-0.15, -0.1) is 0 Å². The van der Waals surface area contributed by atoms with E-state index in [4.69, 9.17) is 16.1 Å². The molecule has 1 aliphatic heterocycles. The van der Waals surface area contributed by atoms with Gasteiger partial charge in [-0.05, 0) is 26.0 Å². The molecule has 0 unspecified atom stereocenters. The zero-order chi connectivity index (χ0) is 17.4. The van der Waals surface area contributed by atoms with E-state index in [0.717, 1.165) is 15.4 Å². The Kier molecular flexibility index (Phi) is 4.11. The normalized spacial score (nSPS) is 15.1. The van der Waals surface area contributed by atoms with E-state index in [1.54, 1.807) is 44.2 Å². The Bertz CT molecular complexity index is 813. The number of imide groups is 2. The molecule has 0 bridgehead atoms. The maximum atomic E-state index is 12.2. The summed E-state index contributed by atoms with van der Waals surface area (Å²) in [5.41, 5.74) is 1.33. The number of benzene rings is 1. The number of hydrogen-bond acceptors (Lipinski definition) is 5. The number of aromatic nitrogens is 1. The Morgan fingerprint density at radius 1 is 1.12 bits per heavy atom. The van der Waals surface area contributed by atoms with Crippen molar-refractivity contribution < 1.29 is 18.9 Å². The van der Waals surface area contributed by atoms with Crippen molar-refractivity contribution in [1.29, 1.82) is 0 Å². The average Bonchev–Trinajstić information content (AvgIpc) is 3.08. The van der Waals surface area contributed by atoms with Crippen LogP contribution in [0.4, 0.5) is 4.79 Å². The van der Waals surface area contributed by atoms with E-state index in [9.17, 15) is 14.4 Å². The first-order chi connectivity index (χ1) is 11.4. The third-order valence-corrected chi connectivity index (χ3v) is 3.87. The largest absolute Gasteiger partial charge is 0.359 e. The Morgan fingerprint density at radius 2 is 1.79 bits per heavy atom. The number of carbonyl (C=O) groups excluding carboxylic acids is 3. The number of amides is 4. The lowest BCUT2D eigenvalue weighted by atomic mass is 10.1. The van der Waals surface area contributed by atoms with Gasteiger partial charge >= 0.3 is 17.8 Å². The quantitative estimate of drug-likeness (QED) is 0.627. The fourth-order valence-electron chi connectivity index (χ4n) is 2.42. The summed E-state index contributed by atoms with van der Waals surface area (Å²) in [6.45, 7) is 3.19. The van der Waals surface area contributed by atoms with Crippen LogP contribution >= 0.6 is 11.6 Å². The van der Waals surface area contributed by atoms with Crippen molar-refractivity contribution in [3.63, 3.8) is 0 Å². The molecule has 4 amide bonds. The summed E-state index contributed by atoms with van der Waals surface area (Å²) in [7, 11) is 0. The molecule has 2 heterocycles. The minimum atomic E-state index is -0.863. The highest BCUT2D eigenvalue weighted by Gasteiger charge is 2.45. The minimum Gasteiger partial charge on any atom is -0.359 e. The molecule has 1 saturated heterocycles. The van der Waals surface area contributed by atoms with Crippen LogP contribution in [0.25, 0.3) is 11.3 Å². The number of halogens is 1. The van der Waals surface area contributed by atoms with Crippen molar-refractivity contribution in [1.82, 2.24) is 15.0 Å². The van der Waals surface area contributed by atoms with Crippen molar-refractivity contribution in [2.45, 2.75) is 26.4 Å². The van der Waals surface area contributed by atoms with Crippen LogP contribution in [0.15, 0.2) is 34.9 Å². The van der Waals surface area contributed by atoms with E-state index in [1.807, 2.05) is 0 Å². The molecule has 124 valence electrons. The number of carbonyl (C=O) groups is 3. The zero-order valence-corrected chi connectivity index (χ0v) is 13.8. The Balaban J connectivity index is 1.80. The van der Waals surface area contributed by atoms with Crippen LogP contribution in [0.2, 0.25) is 5.02 Å². The van der Waals surface area contributed by atoms with Gasteiger partial charge in [0.25, 0.3) is 0 Å². The predicted octanol–water partition coefficient (Wildman–Crippen LogP) is 2.69. The third-order valence-electron chi connectivity index (χ3n) is 3.61. The predicted molar refractivity (Wildman–Crippen MR) is 84.9 cm³/mol. The lowest BCUT2D eigenvalue weighted by Crippen LogP contribution is -2.37. The molecule has 3 rings (SSSR count). The highest BCUT2D eigenvalue weighted by Crippen LogP contribution is 2.23. The van der Waals surface area contributed by atoms with Crippen LogP contribution in [0.1, 0.15) is 19.6 Å². The van der Waals surface area contributed by atoms with Gasteiger partial charge in [-0.2, -0.15) is 0 Å². The van der Waals surface area contributed by atoms with Gasteiger partial charge in [0, 0.05) is 22.7 Å². The SMILES string of the molecule is CC(C)N1C(=O)C(=O)N(Cc2cc(-c3ccc(Cl)cc3)no2)C1=O. The molecule has 1 aromatic carbocycles. The van der Waals surface area contributed by atoms with E-state index < -0.39 is 23.9 Å². The molecule has 1 fully saturated rings. The number of hydrogen-bond donors (Lipinski definition) is 0. The monoisotopic (exact) mass is 347 g/mol. The molecular weight excluding hydrogens is 334 g/mol. The van der Waals surface area contributed by atoms with E-state index in [1.165, 1.54) is 0 Å². The van der Waals surface area contributed by atoms with E-state index >= 15 is 0 Å². The number of urea groups is 1. The van der Waals surface area contributed by atoms with E-state index in [0.29, 0.717) is 16.5 Å². The molecule has 24 heavy (non-hydrogen) atoms. The van der Waals surface area contributed by atoms with Crippen LogP contribution in [0, 0.1) is 0 Å². The average molecular weight is 348 g/mol. The highest BCUT2D eigenvalue weighted by molar-refractivity contribution is 6.44.